The lowest BCUT2D eigenvalue weighted by Crippen LogP contribution is -1.98. The molecule has 0 saturated heterocycles. The smallest absolute Gasteiger partial charge is 0.215 e. The van der Waals surface area contributed by atoms with Gasteiger partial charge in [-0.05, 0) is 23.0 Å². The molecule has 0 amide bonds. The maximum atomic E-state index is 11.8. The largest absolute Gasteiger partial charge is 0.244 e. The van der Waals surface area contributed by atoms with Gasteiger partial charge in [0.1, 0.15) is 4.21 Å². The summed E-state index contributed by atoms with van der Waals surface area (Å²) in [7, 11) is -3.50. The number of thiophene rings is 1. The third kappa shape index (κ3) is 1.68. The number of sulfone groups is 1. The molecule has 0 bridgehead atoms. The average molecular weight is 267 g/mol. The highest BCUT2D eigenvalue weighted by Gasteiger charge is 2.23. The minimum atomic E-state index is -3.50. The summed E-state index contributed by atoms with van der Waals surface area (Å²) in [4.78, 5) is 3.63. The Balaban J connectivity index is 2.54. The van der Waals surface area contributed by atoms with Crippen molar-refractivity contribution in [2.75, 3.05) is 0 Å². The lowest BCUT2D eigenvalue weighted by molar-refractivity contribution is 0.597. The van der Waals surface area contributed by atoms with Gasteiger partial charge >= 0.3 is 0 Å². The molecule has 0 unspecified atom stereocenters. The first-order valence-electron chi connectivity index (χ1n) is 3.38. The molecule has 0 N–H and O–H groups in total. The number of hydrogen-bond donors (Lipinski definition) is 0. The molecule has 14 heavy (non-hydrogen) atoms. The van der Waals surface area contributed by atoms with E-state index in [1.165, 1.54) is 6.07 Å². The molecule has 0 aliphatic rings. The highest BCUT2D eigenvalue weighted by Crippen LogP contribution is 2.26. The van der Waals surface area contributed by atoms with E-state index in [1.807, 2.05) is 0 Å². The molecule has 2 aromatic heterocycles. The predicted octanol–water partition coefficient (Wildman–Crippen LogP) is 2.09. The fourth-order valence-corrected chi connectivity index (χ4v) is 4.34. The quantitative estimate of drug-likeness (QED) is 0.835. The Labute approximate surface area is 93.3 Å². The Hall–Kier alpha value is -0.500. The van der Waals surface area contributed by atoms with Crippen LogP contribution in [0.1, 0.15) is 0 Å². The molecule has 74 valence electrons. The monoisotopic (exact) mass is 266 g/mol. The van der Waals surface area contributed by atoms with Crippen LogP contribution < -0.4 is 0 Å². The van der Waals surface area contributed by atoms with E-state index >= 15 is 0 Å². The molecule has 0 aromatic carbocycles. The van der Waals surface area contributed by atoms with Crippen molar-refractivity contribution in [3.63, 3.8) is 0 Å². The highest BCUT2D eigenvalue weighted by atomic mass is 35.5. The number of rotatable bonds is 2. The lowest BCUT2D eigenvalue weighted by Gasteiger charge is -1.93. The van der Waals surface area contributed by atoms with Crippen LogP contribution in [0.2, 0.25) is 5.28 Å². The highest BCUT2D eigenvalue weighted by molar-refractivity contribution is 7.95. The van der Waals surface area contributed by atoms with E-state index in [9.17, 15) is 8.42 Å². The summed E-state index contributed by atoms with van der Waals surface area (Å²) < 4.78 is 27.3. The van der Waals surface area contributed by atoms with E-state index in [0.717, 1.165) is 22.9 Å². The molecule has 0 spiro atoms. The molecular weight excluding hydrogens is 264 g/mol. The van der Waals surface area contributed by atoms with Crippen LogP contribution in [0, 0.1) is 0 Å². The zero-order valence-corrected chi connectivity index (χ0v) is 9.75. The molecule has 8 heteroatoms. The van der Waals surface area contributed by atoms with Crippen LogP contribution in [-0.4, -0.2) is 17.8 Å². The van der Waals surface area contributed by atoms with Crippen molar-refractivity contribution in [3.8, 4) is 0 Å². The normalized spacial score (nSPS) is 11.8. The fourth-order valence-electron chi connectivity index (χ4n) is 0.804. The molecule has 4 nitrogen and oxygen atoms in total. The van der Waals surface area contributed by atoms with E-state index in [4.69, 9.17) is 11.6 Å². The van der Waals surface area contributed by atoms with Crippen LogP contribution in [-0.2, 0) is 9.84 Å². The first kappa shape index (κ1) is 10.0. The summed E-state index contributed by atoms with van der Waals surface area (Å²) in [5.74, 6) is 0. The molecule has 0 aliphatic heterocycles. The van der Waals surface area contributed by atoms with Gasteiger partial charge in [0.15, 0.2) is 0 Å². The summed E-state index contributed by atoms with van der Waals surface area (Å²) in [5.41, 5.74) is 0. The van der Waals surface area contributed by atoms with Crippen LogP contribution in [0.15, 0.2) is 26.1 Å². The molecule has 2 rings (SSSR count). The summed E-state index contributed by atoms with van der Waals surface area (Å²) in [6.07, 6.45) is 0. The van der Waals surface area contributed by atoms with E-state index < -0.39 is 9.84 Å². The van der Waals surface area contributed by atoms with Gasteiger partial charge in [-0.1, -0.05) is 6.07 Å². The van der Waals surface area contributed by atoms with Crippen molar-refractivity contribution < 1.29 is 8.42 Å². The second-order valence-corrected chi connectivity index (χ2v) is 6.65. The molecule has 2 heterocycles. The Morgan fingerprint density at radius 2 is 2.21 bits per heavy atom. The Kier molecular flexibility index (Phi) is 2.56. The molecule has 0 saturated carbocycles. The van der Waals surface area contributed by atoms with Crippen molar-refractivity contribution in [2.45, 2.75) is 8.55 Å². The maximum absolute atomic E-state index is 11.8. The number of hydrogen-bond acceptors (Lipinski definition) is 6. The summed E-state index contributed by atoms with van der Waals surface area (Å²) >= 11 is 7.38. The third-order valence-electron chi connectivity index (χ3n) is 1.37. The summed E-state index contributed by atoms with van der Waals surface area (Å²) in [6, 6.07) is 3.19. The van der Waals surface area contributed by atoms with E-state index in [-0.39, 0.29) is 13.8 Å². The fraction of sp³-hybridized carbons (Fsp3) is 0. The minimum Gasteiger partial charge on any atom is -0.215 e. The van der Waals surface area contributed by atoms with E-state index in [0.29, 0.717) is 0 Å². The summed E-state index contributed by atoms with van der Waals surface area (Å²) in [5, 5.41) is 1.65. The van der Waals surface area contributed by atoms with Gasteiger partial charge in [0.25, 0.3) is 0 Å². The van der Waals surface area contributed by atoms with Crippen molar-refractivity contribution >= 4 is 44.3 Å². The van der Waals surface area contributed by atoms with Crippen molar-refractivity contribution in [2.24, 2.45) is 0 Å². The van der Waals surface area contributed by atoms with Crippen molar-refractivity contribution in [1.29, 1.82) is 0 Å². The van der Waals surface area contributed by atoms with E-state index in [1.54, 1.807) is 11.4 Å². The van der Waals surface area contributed by atoms with E-state index in [2.05, 4.69) is 9.36 Å². The second kappa shape index (κ2) is 3.58. The number of nitrogens with zero attached hydrogens (tertiary/aromatic N) is 2. The lowest BCUT2D eigenvalue weighted by atomic mass is 10.7. The van der Waals surface area contributed by atoms with Gasteiger partial charge in [-0.3, -0.25) is 0 Å². The number of aromatic nitrogens is 2. The molecule has 0 fully saturated rings. The first-order valence-corrected chi connectivity index (χ1v) is 6.90. The topological polar surface area (TPSA) is 59.9 Å². The molecular formula is C6H3ClN2O2S3. The van der Waals surface area contributed by atoms with Crippen molar-refractivity contribution in [3.05, 3.63) is 22.8 Å². The molecule has 0 radical (unpaired) electrons. The van der Waals surface area contributed by atoms with Crippen LogP contribution >= 0.6 is 34.5 Å². The van der Waals surface area contributed by atoms with Gasteiger partial charge in [0, 0.05) is 11.5 Å². The molecule has 0 atom stereocenters. The second-order valence-electron chi connectivity index (χ2n) is 2.26. The van der Waals surface area contributed by atoms with Gasteiger partial charge in [-0.15, -0.1) is 11.3 Å². The van der Waals surface area contributed by atoms with Crippen LogP contribution in [0.4, 0.5) is 0 Å². The Morgan fingerprint density at radius 3 is 2.71 bits per heavy atom. The van der Waals surface area contributed by atoms with Gasteiger partial charge in [-0.25, -0.2) is 8.42 Å². The zero-order chi connectivity index (χ0) is 10.2. The van der Waals surface area contributed by atoms with Gasteiger partial charge in [0.2, 0.25) is 19.5 Å². The Morgan fingerprint density at radius 1 is 1.43 bits per heavy atom. The van der Waals surface area contributed by atoms with Crippen molar-refractivity contribution in [1.82, 2.24) is 9.36 Å². The third-order valence-corrected chi connectivity index (χ3v) is 5.86. The number of halogens is 1. The van der Waals surface area contributed by atoms with Crippen LogP contribution in [0.25, 0.3) is 0 Å². The van der Waals surface area contributed by atoms with Gasteiger partial charge < -0.3 is 0 Å². The molecule has 2 aromatic rings. The van der Waals surface area contributed by atoms with Gasteiger partial charge in [0.05, 0.1) is 0 Å². The predicted molar refractivity (Wildman–Crippen MR) is 54.7 cm³/mol. The standard InChI is InChI=1S/C6H3ClN2O2S3/c7-5-8-6(13-9-5)14(10,11)4-2-1-3-12-4/h1-3H. The minimum absolute atomic E-state index is 0.0369. The average Bonchev–Trinajstić information content (AvgIpc) is 2.72. The van der Waals surface area contributed by atoms with Crippen LogP contribution in [0.3, 0.4) is 0 Å². The first-order chi connectivity index (χ1) is 6.60. The SMILES string of the molecule is O=S(=O)(c1cccs1)c1nc(Cl)ns1. The zero-order valence-electron chi connectivity index (χ0n) is 6.55. The molecule has 0 aliphatic carbocycles. The van der Waals surface area contributed by atoms with Gasteiger partial charge in [-0.2, -0.15) is 9.36 Å². The summed E-state index contributed by atoms with van der Waals surface area (Å²) in [6.45, 7) is 0. The Bertz CT molecular complexity index is 531. The van der Waals surface area contributed by atoms with Crippen LogP contribution in [0.5, 0.6) is 0 Å². The maximum Gasteiger partial charge on any atom is 0.244 e.